The molecule has 19 heavy (non-hydrogen) atoms. The fourth-order valence-corrected chi connectivity index (χ4v) is 3.30. The molecule has 2 fully saturated rings. The summed E-state index contributed by atoms with van der Waals surface area (Å²) >= 11 is 0. The van der Waals surface area contributed by atoms with Crippen molar-refractivity contribution in [1.29, 1.82) is 0 Å². The Balaban J connectivity index is 1.87. The van der Waals surface area contributed by atoms with E-state index < -0.39 is 5.60 Å². The molecule has 2 N–H and O–H groups in total. The number of hydrogen-bond acceptors (Lipinski definition) is 3. The SMILES string of the molecule is CCCNC1CCN(CC2(O)CCCCCC2)C1=O. The fourth-order valence-electron chi connectivity index (χ4n) is 3.30. The summed E-state index contributed by atoms with van der Waals surface area (Å²) < 4.78 is 0. The third-order valence-electron chi connectivity index (χ3n) is 4.46. The van der Waals surface area contributed by atoms with Gasteiger partial charge in [0.15, 0.2) is 0 Å². The molecular weight excluding hydrogens is 240 g/mol. The maximum atomic E-state index is 12.3. The van der Waals surface area contributed by atoms with Crippen LogP contribution in [-0.2, 0) is 4.79 Å². The molecule has 1 amide bonds. The normalized spacial score (nSPS) is 27.6. The molecule has 2 aliphatic rings. The first-order valence-corrected chi connectivity index (χ1v) is 7.89. The van der Waals surface area contributed by atoms with Gasteiger partial charge in [-0.1, -0.05) is 32.6 Å². The fraction of sp³-hybridized carbons (Fsp3) is 0.933. The topological polar surface area (TPSA) is 52.6 Å². The number of aliphatic hydroxyl groups is 1. The highest BCUT2D eigenvalue weighted by molar-refractivity contribution is 5.84. The van der Waals surface area contributed by atoms with Crippen LogP contribution in [0.25, 0.3) is 0 Å². The summed E-state index contributed by atoms with van der Waals surface area (Å²) in [6.45, 7) is 4.34. The first-order chi connectivity index (χ1) is 9.14. The van der Waals surface area contributed by atoms with Gasteiger partial charge in [-0.2, -0.15) is 0 Å². The molecule has 0 radical (unpaired) electrons. The monoisotopic (exact) mass is 268 g/mol. The van der Waals surface area contributed by atoms with E-state index in [9.17, 15) is 9.90 Å². The van der Waals surface area contributed by atoms with Crippen molar-refractivity contribution in [2.45, 2.75) is 69.9 Å². The van der Waals surface area contributed by atoms with Crippen molar-refractivity contribution in [3.05, 3.63) is 0 Å². The van der Waals surface area contributed by atoms with E-state index in [1.807, 2.05) is 4.90 Å². The lowest BCUT2D eigenvalue weighted by Crippen LogP contribution is -2.46. The highest BCUT2D eigenvalue weighted by Gasteiger charge is 2.37. The van der Waals surface area contributed by atoms with Crippen molar-refractivity contribution in [2.24, 2.45) is 0 Å². The molecule has 4 heteroatoms. The van der Waals surface area contributed by atoms with E-state index in [4.69, 9.17) is 0 Å². The molecule has 1 saturated carbocycles. The Bertz CT molecular complexity index is 299. The zero-order valence-corrected chi connectivity index (χ0v) is 12.2. The van der Waals surface area contributed by atoms with Crippen LogP contribution in [0.5, 0.6) is 0 Å². The largest absolute Gasteiger partial charge is 0.388 e. The van der Waals surface area contributed by atoms with Crippen LogP contribution >= 0.6 is 0 Å². The summed E-state index contributed by atoms with van der Waals surface area (Å²) in [4.78, 5) is 14.1. The number of hydrogen-bond donors (Lipinski definition) is 2. The average Bonchev–Trinajstić information content (AvgIpc) is 2.61. The Morgan fingerprint density at radius 1 is 1.32 bits per heavy atom. The lowest BCUT2D eigenvalue weighted by atomic mass is 9.94. The maximum Gasteiger partial charge on any atom is 0.239 e. The van der Waals surface area contributed by atoms with Gasteiger partial charge >= 0.3 is 0 Å². The third-order valence-corrected chi connectivity index (χ3v) is 4.46. The zero-order chi connectivity index (χ0) is 13.7. The van der Waals surface area contributed by atoms with Gasteiger partial charge in [0, 0.05) is 13.1 Å². The van der Waals surface area contributed by atoms with Crippen molar-refractivity contribution in [3.8, 4) is 0 Å². The first-order valence-electron chi connectivity index (χ1n) is 7.89. The Kier molecular flexibility index (Phi) is 5.22. The molecule has 1 unspecified atom stereocenters. The number of carbonyl (C=O) groups excluding carboxylic acids is 1. The van der Waals surface area contributed by atoms with Gasteiger partial charge in [0.2, 0.25) is 5.91 Å². The van der Waals surface area contributed by atoms with Gasteiger partial charge in [0.1, 0.15) is 0 Å². The minimum atomic E-state index is -0.633. The van der Waals surface area contributed by atoms with Crippen LogP contribution < -0.4 is 5.32 Å². The van der Waals surface area contributed by atoms with Gasteiger partial charge in [0.05, 0.1) is 11.6 Å². The predicted molar refractivity (Wildman–Crippen MR) is 75.9 cm³/mol. The Morgan fingerprint density at radius 2 is 2.00 bits per heavy atom. The lowest BCUT2D eigenvalue weighted by Gasteiger charge is -2.31. The Labute approximate surface area is 116 Å². The standard InChI is InChI=1S/C15H28N2O2/c1-2-10-16-13-7-11-17(14(13)18)12-15(19)8-5-3-4-6-9-15/h13,16,19H,2-12H2,1H3. The number of nitrogens with zero attached hydrogens (tertiary/aromatic N) is 1. The summed E-state index contributed by atoms with van der Waals surface area (Å²) in [5.41, 5.74) is -0.633. The third kappa shape index (κ3) is 3.93. The summed E-state index contributed by atoms with van der Waals surface area (Å²) in [7, 11) is 0. The molecule has 0 spiro atoms. The van der Waals surface area contributed by atoms with Crippen molar-refractivity contribution in [1.82, 2.24) is 10.2 Å². The summed E-state index contributed by atoms with van der Waals surface area (Å²) in [6, 6.07) is -0.0191. The van der Waals surface area contributed by atoms with Gasteiger partial charge in [-0.25, -0.2) is 0 Å². The van der Waals surface area contributed by atoms with Crippen molar-refractivity contribution in [3.63, 3.8) is 0 Å². The van der Waals surface area contributed by atoms with E-state index in [1.165, 1.54) is 12.8 Å². The van der Waals surface area contributed by atoms with Crippen LogP contribution in [0.4, 0.5) is 0 Å². The van der Waals surface area contributed by atoms with Gasteiger partial charge < -0.3 is 15.3 Å². The molecule has 1 heterocycles. The Morgan fingerprint density at radius 3 is 2.63 bits per heavy atom. The van der Waals surface area contributed by atoms with E-state index in [1.54, 1.807) is 0 Å². The minimum Gasteiger partial charge on any atom is -0.388 e. The van der Waals surface area contributed by atoms with Gasteiger partial charge in [0.25, 0.3) is 0 Å². The molecule has 0 aromatic rings. The molecule has 4 nitrogen and oxygen atoms in total. The molecule has 1 atom stereocenters. The van der Waals surface area contributed by atoms with Crippen LogP contribution in [0.15, 0.2) is 0 Å². The van der Waals surface area contributed by atoms with Crippen molar-refractivity contribution in [2.75, 3.05) is 19.6 Å². The van der Waals surface area contributed by atoms with Crippen LogP contribution in [-0.4, -0.2) is 47.2 Å². The van der Waals surface area contributed by atoms with E-state index in [0.29, 0.717) is 6.54 Å². The van der Waals surface area contributed by atoms with Crippen molar-refractivity contribution < 1.29 is 9.90 Å². The Hall–Kier alpha value is -0.610. The molecule has 0 aromatic carbocycles. The van der Waals surface area contributed by atoms with E-state index in [-0.39, 0.29) is 11.9 Å². The number of likely N-dealkylation sites (tertiary alicyclic amines) is 1. The number of nitrogens with one attached hydrogen (secondary N) is 1. The zero-order valence-electron chi connectivity index (χ0n) is 12.2. The second kappa shape index (κ2) is 6.71. The van der Waals surface area contributed by atoms with Crippen molar-refractivity contribution >= 4 is 5.91 Å². The predicted octanol–water partition coefficient (Wildman–Crippen LogP) is 1.67. The highest BCUT2D eigenvalue weighted by Crippen LogP contribution is 2.29. The molecule has 0 bridgehead atoms. The summed E-state index contributed by atoms with van der Waals surface area (Å²) in [5, 5.41) is 14.0. The van der Waals surface area contributed by atoms with Crippen LogP contribution in [0, 0.1) is 0 Å². The van der Waals surface area contributed by atoms with E-state index in [0.717, 1.165) is 51.6 Å². The van der Waals surface area contributed by atoms with E-state index in [2.05, 4.69) is 12.2 Å². The maximum absolute atomic E-state index is 12.3. The van der Waals surface area contributed by atoms with Crippen LogP contribution in [0.2, 0.25) is 0 Å². The number of β-amino-alcohol motifs (C(OH)–C–C–N with tert-alkyl or cyclic N) is 1. The molecule has 2 rings (SSSR count). The average molecular weight is 268 g/mol. The highest BCUT2D eigenvalue weighted by atomic mass is 16.3. The number of rotatable bonds is 5. The minimum absolute atomic E-state index is 0.0191. The summed E-state index contributed by atoms with van der Waals surface area (Å²) in [6.07, 6.45) is 8.26. The van der Waals surface area contributed by atoms with Crippen LogP contribution in [0.3, 0.4) is 0 Å². The quantitative estimate of drug-likeness (QED) is 0.746. The van der Waals surface area contributed by atoms with E-state index >= 15 is 0 Å². The second-order valence-corrected chi connectivity index (χ2v) is 6.19. The van der Waals surface area contributed by atoms with Gasteiger partial charge in [-0.3, -0.25) is 4.79 Å². The second-order valence-electron chi connectivity index (χ2n) is 6.19. The lowest BCUT2D eigenvalue weighted by molar-refractivity contribution is -0.133. The number of carbonyl (C=O) groups is 1. The first kappa shape index (κ1) is 14.8. The molecule has 1 saturated heterocycles. The molecule has 0 aromatic heterocycles. The van der Waals surface area contributed by atoms with Gasteiger partial charge in [-0.05, 0) is 32.2 Å². The molecule has 110 valence electrons. The molecular formula is C15H28N2O2. The molecule has 1 aliphatic carbocycles. The molecule has 1 aliphatic heterocycles. The smallest absolute Gasteiger partial charge is 0.239 e. The van der Waals surface area contributed by atoms with Crippen LogP contribution in [0.1, 0.15) is 58.3 Å². The summed E-state index contributed by atoms with van der Waals surface area (Å²) in [5.74, 6) is 0.186. The number of amides is 1. The van der Waals surface area contributed by atoms with Gasteiger partial charge in [-0.15, -0.1) is 0 Å².